The van der Waals surface area contributed by atoms with Crippen molar-refractivity contribution in [2.75, 3.05) is 6.79 Å². The standard InChI is InChI=1S/C31H19BrN4O7/c32-21-12-20(29(24(14-21)36(38)39)40-16-18-9-10-26-27(11-18)42-17-41-26)15-33-35-30(28-13-19-5-1-4-8-25(19)43-28)34-23-7-3-2-6-22(23)31(35)37/h1-15H,16-17H2. The Hall–Kier alpha value is -5.49. The molecular formula is C31H19BrN4O7. The van der Waals surface area contributed by atoms with Crippen molar-refractivity contribution >= 4 is 49.7 Å². The Kier molecular flexibility index (Phi) is 6.59. The topological polar surface area (TPSA) is 131 Å². The maximum absolute atomic E-state index is 13.7. The number of furan rings is 1. The van der Waals surface area contributed by atoms with Gasteiger partial charge >= 0.3 is 5.69 Å². The van der Waals surface area contributed by atoms with Crippen molar-refractivity contribution in [3.05, 3.63) is 121 Å². The number of aromatic nitrogens is 2. The number of hydrogen-bond acceptors (Lipinski definition) is 9. The lowest BCUT2D eigenvalue weighted by atomic mass is 10.1. The van der Waals surface area contributed by atoms with Crippen LogP contribution in [0.4, 0.5) is 5.69 Å². The number of nitro groups is 1. The summed E-state index contributed by atoms with van der Waals surface area (Å²) >= 11 is 3.34. The van der Waals surface area contributed by atoms with E-state index in [4.69, 9.17) is 18.6 Å². The van der Waals surface area contributed by atoms with E-state index < -0.39 is 10.5 Å². The molecule has 6 aromatic rings. The Morgan fingerprint density at radius 2 is 1.84 bits per heavy atom. The lowest BCUT2D eigenvalue weighted by molar-refractivity contribution is -0.386. The minimum absolute atomic E-state index is 0.00165. The highest BCUT2D eigenvalue weighted by Crippen LogP contribution is 2.36. The highest BCUT2D eigenvalue weighted by atomic mass is 79.9. The summed E-state index contributed by atoms with van der Waals surface area (Å²) in [6.07, 6.45) is 1.33. The normalized spacial score (nSPS) is 12.4. The number of hydrogen-bond donors (Lipinski definition) is 0. The van der Waals surface area contributed by atoms with Crippen LogP contribution >= 0.6 is 15.9 Å². The van der Waals surface area contributed by atoms with Crippen molar-refractivity contribution in [2.24, 2.45) is 5.10 Å². The number of fused-ring (bicyclic) bond motifs is 3. The number of rotatable bonds is 7. The fourth-order valence-electron chi connectivity index (χ4n) is 4.78. The van der Waals surface area contributed by atoms with E-state index in [1.54, 1.807) is 54.6 Å². The lowest BCUT2D eigenvalue weighted by Crippen LogP contribution is -2.20. The van der Waals surface area contributed by atoms with Crippen LogP contribution in [0.5, 0.6) is 17.2 Å². The molecule has 0 bridgehead atoms. The maximum atomic E-state index is 13.7. The third kappa shape index (κ3) is 4.97. The van der Waals surface area contributed by atoms with Crippen LogP contribution in [0.15, 0.2) is 104 Å². The van der Waals surface area contributed by atoms with Gasteiger partial charge in [0.05, 0.1) is 22.0 Å². The van der Waals surface area contributed by atoms with Crippen LogP contribution < -0.4 is 19.8 Å². The van der Waals surface area contributed by atoms with Crippen LogP contribution in [0.1, 0.15) is 11.1 Å². The summed E-state index contributed by atoms with van der Waals surface area (Å²) in [7, 11) is 0. The summed E-state index contributed by atoms with van der Waals surface area (Å²) in [5.41, 5.74) is 1.35. The van der Waals surface area contributed by atoms with E-state index in [1.807, 2.05) is 24.3 Å². The molecule has 1 aliphatic rings. The van der Waals surface area contributed by atoms with Gasteiger partial charge in [-0.25, -0.2) is 4.98 Å². The van der Waals surface area contributed by atoms with Crippen LogP contribution in [-0.2, 0) is 6.61 Å². The first-order valence-corrected chi connectivity index (χ1v) is 13.8. The Labute approximate surface area is 250 Å². The van der Waals surface area contributed by atoms with Crippen LogP contribution in [0.2, 0.25) is 0 Å². The average Bonchev–Trinajstić information content (AvgIpc) is 3.66. The van der Waals surface area contributed by atoms with Gasteiger partial charge in [-0.3, -0.25) is 14.9 Å². The number of nitrogens with zero attached hydrogens (tertiary/aromatic N) is 4. The lowest BCUT2D eigenvalue weighted by Gasteiger charge is -2.11. The van der Waals surface area contributed by atoms with E-state index in [-0.39, 0.29) is 36.2 Å². The number of halogens is 1. The summed E-state index contributed by atoms with van der Waals surface area (Å²) in [5, 5.41) is 17.7. The van der Waals surface area contributed by atoms with E-state index in [0.29, 0.717) is 43.8 Å². The van der Waals surface area contributed by atoms with Crippen LogP contribution in [0, 0.1) is 10.1 Å². The Bertz CT molecular complexity index is 2120. The van der Waals surface area contributed by atoms with Gasteiger partial charge in [0.15, 0.2) is 17.3 Å². The minimum Gasteiger partial charge on any atom is -0.481 e. The number of benzene rings is 4. The first-order valence-electron chi connectivity index (χ1n) is 13.0. The molecular weight excluding hydrogens is 620 g/mol. The summed E-state index contributed by atoms with van der Waals surface area (Å²) < 4.78 is 24.4. The molecule has 0 radical (unpaired) electrons. The largest absolute Gasteiger partial charge is 0.481 e. The summed E-state index contributed by atoms with van der Waals surface area (Å²) in [4.78, 5) is 29.9. The third-order valence-electron chi connectivity index (χ3n) is 6.79. The first-order chi connectivity index (χ1) is 20.9. The zero-order valence-corrected chi connectivity index (χ0v) is 23.7. The monoisotopic (exact) mass is 638 g/mol. The van der Waals surface area contributed by atoms with Crippen molar-refractivity contribution < 1.29 is 23.6 Å². The molecule has 0 unspecified atom stereocenters. The molecule has 0 fully saturated rings. The number of para-hydroxylation sites is 2. The summed E-state index contributed by atoms with van der Waals surface area (Å²) in [6, 6.07) is 24.4. The second kappa shape index (κ2) is 10.7. The smallest absolute Gasteiger partial charge is 0.312 e. The van der Waals surface area contributed by atoms with Crippen LogP contribution in [-0.4, -0.2) is 27.6 Å². The van der Waals surface area contributed by atoms with Crippen molar-refractivity contribution in [1.29, 1.82) is 0 Å². The zero-order valence-electron chi connectivity index (χ0n) is 22.1. The fourth-order valence-corrected chi connectivity index (χ4v) is 5.24. The number of nitro benzene ring substituents is 1. The van der Waals surface area contributed by atoms with Gasteiger partial charge in [-0.05, 0) is 48.0 Å². The van der Waals surface area contributed by atoms with Crippen molar-refractivity contribution in [3.63, 3.8) is 0 Å². The van der Waals surface area contributed by atoms with Gasteiger partial charge in [-0.15, -0.1) is 0 Å². The van der Waals surface area contributed by atoms with Gasteiger partial charge in [0.1, 0.15) is 12.2 Å². The molecule has 0 amide bonds. The molecule has 4 aromatic carbocycles. The van der Waals surface area contributed by atoms with E-state index in [1.165, 1.54) is 12.3 Å². The molecule has 1 aliphatic heterocycles. The third-order valence-corrected chi connectivity index (χ3v) is 7.25. The molecule has 212 valence electrons. The summed E-state index contributed by atoms with van der Waals surface area (Å²) in [6.45, 7) is 0.124. The quantitative estimate of drug-likeness (QED) is 0.108. The molecule has 0 atom stereocenters. The van der Waals surface area contributed by atoms with E-state index in [9.17, 15) is 14.9 Å². The van der Waals surface area contributed by atoms with E-state index >= 15 is 0 Å². The van der Waals surface area contributed by atoms with Crippen molar-refractivity contribution in [2.45, 2.75) is 6.61 Å². The Morgan fingerprint density at radius 1 is 1.02 bits per heavy atom. The molecule has 7 rings (SSSR count). The van der Waals surface area contributed by atoms with Gasteiger partial charge in [-0.1, -0.05) is 52.3 Å². The molecule has 2 aromatic heterocycles. The average molecular weight is 639 g/mol. The molecule has 3 heterocycles. The van der Waals surface area contributed by atoms with Gasteiger partial charge in [-0.2, -0.15) is 9.78 Å². The van der Waals surface area contributed by atoms with Gasteiger partial charge in [0, 0.05) is 21.5 Å². The molecule has 0 saturated carbocycles. The maximum Gasteiger partial charge on any atom is 0.312 e. The van der Waals surface area contributed by atoms with Crippen LogP contribution in [0.3, 0.4) is 0 Å². The second-order valence-electron chi connectivity index (χ2n) is 9.54. The van der Waals surface area contributed by atoms with Crippen molar-refractivity contribution in [1.82, 2.24) is 9.66 Å². The van der Waals surface area contributed by atoms with Crippen molar-refractivity contribution in [3.8, 4) is 28.8 Å². The summed E-state index contributed by atoms with van der Waals surface area (Å²) in [5.74, 6) is 1.65. The predicted octanol–water partition coefficient (Wildman–Crippen LogP) is 6.67. The predicted molar refractivity (Wildman–Crippen MR) is 162 cm³/mol. The second-order valence-corrected chi connectivity index (χ2v) is 10.5. The van der Waals surface area contributed by atoms with E-state index in [0.717, 1.165) is 10.1 Å². The zero-order chi connectivity index (χ0) is 29.5. The molecule has 0 saturated heterocycles. The van der Waals surface area contributed by atoms with Gasteiger partial charge in [0.2, 0.25) is 18.4 Å². The molecule has 0 N–H and O–H groups in total. The first kappa shape index (κ1) is 26.4. The highest BCUT2D eigenvalue weighted by Gasteiger charge is 2.22. The molecule has 12 heteroatoms. The highest BCUT2D eigenvalue weighted by molar-refractivity contribution is 9.10. The number of ether oxygens (including phenoxy) is 3. The molecule has 0 spiro atoms. The Balaban J connectivity index is 1.33. The molecule has 43 heavy (non-hydrogen) atoms. The van der Waals surface area contributed by atoms with Gasteiger partial charge < -0.3 is 18.6 Å². The molecule has 11 nitrogen and oxygen atoms in total. The fraction of sp³-hybridized carbons (Fsp3) is 0.0645. The minimum atomic E-state index is -0.541. The van der Waals surface area contributed by atoms with E-state index in [2.05, 4.69) is 26.0 Å². The molecule has 0 aliphatic carbocycles. The van der Waals surface area contributed by atoms with Crippen LogP contribution in [0.25, 0.3) is 33.5 Å². The SMILES string of the molecule is O=c1c2ccccc2nc(-c2cc3ccccc3o2)n1N=Cc1cc(Br)cc([N+](=O)[O-])c1OCc1ccc2c(c1)OCO2. The Morgan fingerprint density at radius 3 is 2.70 bits per heavy atom. The van der Waals surface area contributed by atoms with Gasteiger partial charge in [0.25, 0.3) is 5.56 Å².